The van der Waals surface area contributed by atoms with Gasteiger partial charge in [-0.25, -0.2) is 4.79 Å². The van der Waals surface area contributed by atoms with E-state index < -0.39 is 0 Å². The maximum atomic E-state index is 12.4. The Labute approximate surface area is 166 Å². The van der Waals surface area contributed by atoms with Crippen molar-refractivity contribution in [3.63, 3.8) is 0 Å². The maximum Gasteiger partial charge on any atom is 0.314 e. The zero-order chi connectivity index (χ0) is 19.6. The Balaban J connectivity index is 1.28. The number of hydrogen-bond donors (Lipinski definition) is 2. The predicted octanol–water partition coefficient (Wildman–Crippen LogP) is 2.87. The fourth-order valence-electron chi connectivity index (χ4n) is 3.46. The quantitative estimate of drug-likeness (QED) is 0.726. The largest absolute Gasteiger partial charge is 0.339 e. The molecule has 3 amide bonds. The van der Waals surface area contributed by atoms with E-state index in [-0.39, 0.29) is 11.9 Å². The van der Waals surface area contributed by atoms with E-state index in [0.717, 1.165) is 38.8 Å². The summed E-state index contributed by atoms with van der Waals surface area (Å²) in [5, 5.41) is 5.89. The molecule has 1 aromatic heterocycles. The van der Waals surface area contributed by atoms with Gasteiger partial charge in [0, 0.05) is 44.1 Å². The van der Waals surface area contributed by atoms with Crippen LogP contribution in [0.2, 0.25) is 0 Å². The molecular weight excluding hydrogens is 352 g/mol. The molecule has 0 bridgehead atoms. The predicted molar refractivity (Wildman–Crippen MR) is 109 cm³/mol. The Morgan fingerprint density at radius 1 is 1.00 bits per heavy atom. The SMILES string of the molecule is O=C(NCCCc1ccccc1)NCC1CCN(C(=O)c2ccncc2)CC1. The third kappa shape index (κ3) is 6.08. The second-order valence-corrected chi connectivity index (χ2v) is 7.20. The molecule has 0 spiro atoms. The highest BCUT2D eigenvalue weighted by atomic mass is 16.2. The molecule has 3 rings (SSSR count). The number of nitrogens with one attached hydrogen (secondary N) is 2. The van der Waals surface area contributed by atoms with Gasteiger partial charge < -0.3 is 15.5 Å². The molecule has 6 heteroatoms. The normalized spacial score (nSPS) is 14.5. The lowest BCUT2D eigenvalue weighted by Gasteiger charge is -2.32. The van der Waals surface area contributed by atoms with E-state index in [1.54, 1.807) is 24.5 Å². The lowest BCUT2D eigenvalue weighted by Crippen LogP contribution is -2.43. The minimum atomic E-state index is -0.108. The van der Waals surface area contributed by atoms with Gasteiger partial charge in [0.05, 0.1) is 0 Å². The topological polar surface area (TPSA) is 74.3 Å². The standard InChI is InChI=1S/C22H28N4O2/c27-21(20-8-13-23-14-9-20)26-15-10-19(11-16-26)17-25-22(28)24-12-4-7-18-5-2-1-3-6-18/h1-3,5-6,8-9,13-14,19H,4,7,10-12,15-17H2,(H2,24,25,28). The molecule has 1 aliphatic rings. The Morgan fingerprint density at radius 2 is 1.71 bits per heavy atom. The number of rotatable bonds is 7. The zero-order valence-electron chi connectivity index (χ0n) is 16.1. The van der Waals surface area contributed by atoms with E-state index in [4.69, 9.17) is 0 Å². The number of nitrogens with zero attached hydrogens (tertiary/aromatic N) is 2. The highest BCUT2D eigenvalue weighted by Gasteiger charge is 2.23. The fourth-order valence-corrected chi connectivity index (χ4v) is 3.46. The molecule has 28 heavy (non-hydrogen) atoms. The van der Waals surface area contributed by atoms with Crippen LogP contribution in [0.15, 0.2) is 54.9 Å². The Morgan fingerprint density at radius 3 is 2.43 bits per heavy atom. The molecule has 2 aromatic rings. The summed E-state index contributed by atoms with van der Waals surface area (Å²) >= 11 is 0. The van der Waals surface area contributed by atoms with E-state index in [0.29, 0.717) is 24.6 Å². The van der Waals surface area contributed by atoms with Crippen molar-refractivity contribution in [1.82, 2.24) is 20.5 Å². The Hall–Kier alpha value is -2.89. The van der Waals surface area contributed by atoms with E-state index in [1.165, 1.54) is 5.56 Å². The van der Waals surface area contributed by atoms with Crippen LogP contribution in [0.25, 0.3) is 0 Å². The molecule has 0 radical (unpaired) electrons. The molecule has 0 saturated carbocycles. The summed E-state index contributed by atoms with van der Waals surface area (Å²) in [6, 6.07) is 13.7. The zero-order valence-corrected chi connectivity index (χ0v) is 16.1. The van der Waals surface area contributed by atoms with Crippen LogP contribution in [0, 0.1) is 5.92 Å². The molecular formula is C22H28N4O2. The van der Waals surface area contributed by atoms with Gasteiger partial charge in [-0.2, -0.15) is 0 Å². The Kier molecular flexibility index (Phi) is 7.41. The van der Waals surface area contributed by atoms with Crippen molar-refractivity contribution in [3.05, 3.63) is 66.0 Å². The molecule has 1 aromatic carbocycles. The lowest BCUT2D eigenvalue weighted by atomic mass is 9.96. The number of pyridine rings is 1. The number of aryl methyl sites for hydroxylation is 1. The van der Waals surface area contributed by atoms with E-state index in [9.17, 15) is 9.59 Å². The van der Waals surface area contributed by atoms with Crippen LogP contribution in [0.5, 0.6) is 0 Å². The van der Waals surface area contributed by atoms with Crippen LogP contribution in [-0.2, 0) is 6.42 Å². The minimum Gasteiger partial charge on any atom is -0.339 e. The summed E-state index contributed by atoms with van der Waals surface area (Å²) in [4.78, 5) is 30.2. The highest BCUT2D eigenvalue weighted by Crippen LogP contribution is 2.18. The molecule has 1 saturated heterocycles. The van der Waals surface area contributed by atoms with Gasteiger partial charge in [0.15, 0.2) is 0 Å². The molecule has 0 unspecified atom stereocenters. The highest BCUT2D eigenvalue weighted by molar-refractivity contribution is 5.94. The number of amides is 3. The number of carbonyl (C=O) groups excluding carboxylic acids is 2. The van der Waals surface area contributed by atoms with E-state index in [2.05, 4.69) is 27.8 Å². The number of carbonyl (C=O) groups is 2. The van der Waals surface area contributed by atoms with E-state index in [1.807, 2.05) is 23.1 Å². The molecule has 2 N–H and O–H groups in total. The molecule has 1 fully saturated rings. The van der Waals surface area contributed by atoms with Gasteiger partial charge in [0.1, 0.15) is 0 Å². The smallest absolute Gasteiger partial charge is 0.314 e. The number of piperidine rings is 1. The minimum absolute atomic E-state index is 0.0602. The van der Waals surface area contributed by atoms with Crippen molar-refractivity contribution in [2.24, 2.45) is 5.92 Å². The third-order valence-electron chi connectivity index (χ3n) is 5.15. The van der Waals surface area contributed by atoms with Crippen molar-refractivity contribution >= 4 is 11.9 Å². The van der Waals surface area contributed by atoms with Crippen molar-refractivity contribution in [2.75, 3.05) is 26.2 Å². The van der Waals surface area contributed by atoms with Gasteiger partial charge in [0.2, 0.25) is 0 Å². The number of urea groups is 1. The first kappa shape index (κ1) is 19.9. The van der Waals surface area contributed by atoms with E-state index >= 15 is 0 Å². The van der Waals surface area contributed by atoms with Gasteiger partial charge in [-0.05, 0) is 49.3 Å². The second kappa shape index (κ2) is 10.4. The van der Waals surface area contributed by atoms with Crippen LogP contribution in [-0.4, -0.2) is 48.0 Å². The van der Waals surface area contributed by atoms with Gasteiger partial charge in [-0.3, -0.25) is 9.78 Å². The van der Waals surface area contributed by atoms with Crippen molar-refractivity contribution in [2.45, 2.75) is 25.7 Å². The summed E-state index contributed by atoms with van der Waals surface area (Å²) in [6.07, 6.45) is 6.99. The average molecular weight is 380 g/mol. The number of likely N-dealkylation sites (tertiary alicyclic amines) is 1. The van der Waals surface area contributed by atoms with Crippen molar-refractivity contribution in [1.29, 1.82) is 0 Å². The van der Waals surface area contributed by atoms with Gasteiger partial charge >= 0.3 is 6.03 Å². The number of hydrogen-bond acceptors (Lipinski definition) is 3. The molecule has 2 heterocycles. The lowest BCUT2D eigenvalue weighted by molar-refractivity contribution is 0.0690. The first-order chi connectivity index (χ1) is 13.7. The number of benzene rings is 1. The monoisotopic (exact) mass is 380 g/mol. The van der Waals surface area contributed by atoms with Crippen LogP contribution < -0.4 is 10.6 Å². The van der Waals surface area contributed by atoms with Crippen molar-refractivity contribution < 1.29 is 9.59 Å². The van der Waals surface area contributed by atoms with Crippen molar-refractivity contribution in [3.8, 4) is 0 Å². The summed E-state index contributed by atoms with van der Waals surface area (Å²) in [5.41, 5.74) is 1.97. The van der Waals surface area contributed by atoms with Crippen LogP contribution in [0.4, 0.5) is 4.79 Å². The average Bonchev–Trinajstić information content (AvgIpc) is 2.76. The van der Waals surface area contributed by atoms with Gasteiger partial charge in [-0.1, -0.05) is 30.3 Å². The molecule has 148 valence electrons. The fraction of sp³-hybridized carbons (Fsp3) is 0.409. The second-order valence-electron chi connectivity index (χ2n) is 7.20. The van der Waals surface area contributed by atoms with Crippen LogP contribution in [0.3, 0.4) is 0 Å². The molecule has 0 atom stereocenters. The summed E-state index contributed by atoms with van der Waals surface area (Å²) in [6.45, 7) is 2.78. The van der Waals surface area contributed by atoms with Gasteiger partial charge in [-0.15, -0.1) is 0 Å². The summed E-state index contributed by atoms with van der Waals surface area (Å²) in [5.74, 6) is 0.474. The van der Waals surface area contributed by atoms with Gasteiger partial charge in [0.25, 0.3) is 5.91 Å². The number of aromatic nitrogens is 1. The maximum absolute atomic E-state index is 12.4. The first-order valence-electron chi connectivity index (χ1n) is 9.97. The Bertz CT molecular complexity index is 744. The van der Waals surface area contributed by atoms with Crippen LogP contribution >= 0.6 is 0 Å². The molecule has 0 aliphatic carbocycles. The summed E-state index contributed by atoms with van der Waals surface area (Å²) in [7, 11) is 0. The molecule has 6 nitrogen and oxygen atoms in total. The first-order valence-corrected chi connectivity index (χ1v) is 9.97. The molecule has 1 aliphatic heterocycles. The third-order valence-corrected chi connectivity index (χ3v) is 5.15. The van der Waals surface area contributed by atoms with Crippen LogP contribution in [0.1, 0.15) is 35.2 Å². The summed E-state index contributed by atoms with van der Waals surface area (Å²) < 4.78 is 0.